The number of hydrogen-bond acceptors (Lipinski definition) is 3. The Labute approximate surface area is 108 Å². The van der Waals surface area contributed by atoms with Crippen LogP contribution in [0.3, 0.4) is 0 Å². The van der Waals surface area contributed by atoms with E-state index in [1.807, 2.05) is 0 Å². The van der Waals surface area contributed by atoms with E-state index >= 15 is 0 Å². The van der Waals surface area contributed by atoms with Crippen molar-refractivity contribution in [1.82, 2.24) is 15.5 Å². The van der Waals surface area contributed by atoms with Gasteiger partial charge in [0.1, 0.15) is 0 Å². The highest BCUT2D eigenvalue weighted by molar-refractivity contribution is 6.35. The van der Waals surface area contributed by atoms with Crippen molar-refractivity contribution >= 4 is 11.8 Å². The van der Waals surface area contributed by atoms with Gasteiger partial charge in [0.05, 0.1) is 0 Å². The number of amides is 2. The van der Waals surface area contributed by atoms with Crippen LogP contribution in [0.1, 0.15) is 32.6 Å². The molecule has 1 saturated carbocycles. The Morgan fingerprint density at radius 3 is 2.72 bits per heavy atom. The molecule has 2 atom stereocenters. The molecule has 2 aliphatic rings. The molecule has 0 aromatic carbocycles. The van der Waals surface area contributed by atoms with Crippen LogP contribution in [0.4, 0.5) is 0 Å². The van der Waals surface area contributed by atoms with E-state index in [2.05, 4.69) is 17.6 Å². The predicted molar refractivity (Wildman–Crippen MR) is 69.0 cm³/mol. The molecule has 18 heavy (non-hydrogen) atoms. The lowest BCUT2D eigenvalue weighted by molar-refractivity contribution is -0.146. The second-order valence-corrected chi connectivity index (χ2v) is 5.38. The number of rotatable bonds is 1. The summed E-state index contributed by atoms with van der Waals surface area (Å²) < 4.78 is 0. The van der Waals surface area contributed by atoms with Gasteiger partial charge in [-0.3, -0.25) is 9.59 Å². The molecule has 1 heterocycles. The first kappa shape index (κ1) is 13.3. The van der Waals surface area contributed by atoms with Crippen LogP contribution >= 0.6 is 0 Å². The average Bonchev–Trinajstić information content (AvgIpc) is 2.63. The van der Waals surface area contributed by atoms with Crippen molar-refractivity contribution in [2.24, 2.45) is 5.92 Å². The Hall–Kier alpha value is -1.10. The maximum absolute atomic E-state index is 12.0. The summed E-state index contributed by atoms with van der Waals surface area (Å²) >= 11 is 0. The molecule has 1 aliphatic carbocycles. The van der Waals surface area contributed by atoms with Gasteiger partial charge in [-0.05, 0) is 31.7 Å². The summed E-state index contributed by atoms with van der Waals surface area (Å²) in [6.07, 6.45) is 4.21. The smallest absolute Gasteiger partial charge is 0.311 e. The first-order valence-electron chi connectivity index (χ1n) is 6.99. The van der Waals surface area contributed by atoms with E-state index < -0.39 is 5.91 Å². The lowest BCUT2D eigenvalue weighted by atomic mass is 10.1. The van der Waals surface area contributed by atoms with Crippen LogP contribution in [-0.2, 0) is 9.59 Å². The fraction of sp³-hybridized carbons (Fsp3) is 0.846. The molecule has 0 bridgehead atoms. The van der Waals surface area contributed by atoms with E-state index in [1.165, 1.54) is 0 Å². The minimum atomic E-state index is -0.421. The number of carbonyl (C=O) groups excluding carboxylic acids is 2. The second kappa shape index (κ2) is 6.18. The van der Waals surface area contributed by atoms with E-state index in [0.29, 0.717) is 19.0 Å². The van der Waals surface area contributed by atoms with Crippen LogP contribution in [0.2, 0.25) is 0 Å². The van der Waals surface area contributed by atoms with Crippen LogP contribution in [0, 0.1) is 5.92 Å². The van der Waals surface area contributed by atoms with Gasteiger partial charge in [0.2, 0.25) is 0 Å². The molecular weight excluding hydrogens is 230 g/mol. The summed E-state index contributed by atoms with van der Waals surface area (Å²) in [4.78, 5) is 25.6. The largest absolute Gasteiger partial charge is 0.345 e. The predicted octanol–water partition coefficient (Wildman–Crippen LogP) is 0.113. The molecule has 0 spiro atoms. The quantitative estimate of drug-likeness (QED) is 0.652. The van der Waals surface area contributed by atoms with Gasteiger partial charge in [-0.1, -0.05) is 13.3 Å². The van der Waals surface area contributed by atoms with E-state index in [1.54, 1.807) is 4.90 Å². The second-order valence-electron chi connectivity index (χ2n) is 5.38. The fourth-order valence-corrected chi connectivity index (χ4v) is 2.78. The van der Waals surface area contributed by atoms with Gasteiger partial charge in [-0.25, -0.2) is 0 Å². The maximum atomic E-state index is 12.0. The van der Waals surface area contributed by atoms with Gasteiger partial charge in [-0.15, -0.1) is 0 Å². The van der Waals surface area contributed by atoms with Gasteiger partial charge in [0.25, 0.3) is 0 Å². The Balaban J connectivity index is 1.85. The molecule has 102 valence electrons. The summed E-state index contributed by atoms with van der Waals surface area (Å²) in [5.74, 6) is -0.291. The first-order valence-corrected chi connectivity index (χ1v) is 6.99. The fourth-order valence-electron chi connectivity index (χ4n) is 2.78. The van der Waals surface area contributed by atoms with Crippen molar-refractivity contribution in [3.63, 3.8) is 0 Å². The van der Waals surface area contributed by atoms with E-state index in [-0.39, 0.29) is 11.9 Å². The molecule has 5 nitrogen and oxygen atoms in total. The van der Waals surface area contributed by atoms with Gasteiger partial charge < -0.3 is 15.5 Å². The molecule has 2 unspecified atom stereocenters. The molecular formula is C13H23N3O2. The zero-order valence-electron chi connectivity index (χ0n) is 11.1. The van der Waals surface area contributed by atoms with Crippen LogP contribution in [0.15, 0.2) is 0 Å². The number of nitrogens with zero attached hydrogens (tertiary/aromatic N) is 1. The zero-order chi connectivity index (χ0) is 13.0. The summed E-state index contributed by atoms with van der Waals surface area (Å²) in [5, 5.41) is 6.12. The van der Waals surface area contributed by atoms with Crippen molar-refractivity contribution in [2.75, 3.05) is 26.2 Å². The minimum absolute atomic E-state index is 0.187. The van der Waals surface area contributed by atoms with Crippen molar-refractivity contribution in [1.29, 1.82) is 0 Å². The minimum Gasteiger partial charge on any atom is -0.345 e. The van der Waals surface area contributed by atoms with Crippen molar-refractivity contribution < 1.29 is 9.59 Å². The molecule has 2 amide bonds. The lowest BCUT2D eigenvalue weighted by Crippen LogP contribution is -2.48. The number of nitrogens with one attached hydrogen (secondary N) is 2. The molecule has 2 fully saturated rings. The number of hydrogen-bond donors (Lipinski definition) is 2. The Morgan fingerprint density at radius 2 is 2.00 bits per heavy atom. The number of carbonyl (C=O) groups is 2. The normalized spacial score (nSPS) is 28.8. The molecule has 2 rings (SSSR count). The summed E-state index contributed by atoms with van der Waals surface area (Å²) in [5.41, 5.74) is 0. The van der Waals surface area contributed by atoms with Crippen LogP contribution in [-0.4, -0.2) is 48.9 Å². The van der Waals surface area contributed by atoms with Crippen molar-refractivity contribution in [3.05, 3.63) is 0 Å². The van der Waals surface area contributed by atoms with Crippen molar-refractivity contribution in [3.8, 4) is 0 Å². The van der Waals surface area contributed by atoms with E-state index in [9.17, 15) is 9.59 Å². The van der Waals surface area contributed by atoms with Crippen molar-refractivity contribution in [2.45, 2.75) is 38.6 Å². The summed E-state index contributed by atoms with van der Waals surface area (Å²) in [6.45, 7) is 5.15. The standard InChI is InChI=1S/C13H23N3O2/c1-10-4-2-5-11(10)15-12(17)13(18)16-8-3-6-14-7-9-16/h10-11,14H,2-9H2,1H3,(H,15,17). The SMILES string of the molecule is CC1CCCC1NC(=O)C(=O)N1CCCNCC1. The third-order valence-electron chi connectivity index (χ3n) is 4.00. The van der Waals surface area contributed by atoms with E-state index in [0.717, 1.165) is 38.8 Å². The van der Waals surface area contributed by atoms with Crippen LogP contribution in [0.25, 0.3) is 0 Å². The lowest BCUT2D eigenvalue weighted by Gasteiger charge is -2.22. The Kier molecular flexibility index (Phi) is 4.58. The molecule has 1 saturated heterocycles. The Bertz CT molecular complexity index is 311. The highest BCUT2D eigenvalue weighted by atomic mass is 16.2. The van der Waals surface area contributed by atoms with Gasteiger partial charge in [0, 0.05) is 25.7 Å². The molecule has 0 radical (unpaired) electrons. The third kappa shape index (κ3) is 3.22. The highest BCUT2D eigenvalue weighted by Gasteiger charge is 2.29. The highest BCUT2D eigenvalue weighted by Crippen LogP contribution is 2.24. The summed E-state index contributed by atoms with van der Waals surface area (Å²) in [7, 11) is 0. The molecule has 0 aromatic heterocycles. The molecule has 1 aliphatic heterocycles. The third-order valence-corrected chi connectivity index (χ3v) is 4.00. The Morgan fingerprint density at radius 1 is 1.17 bits per heavy atom. The topological polar surface area (TPSA) is 61.4 Å². The van der Waals surface area contributed by atoms with Crippen LogP contribution in [0.5, 0.6) is 0 Å². The molecule has 2 N–H and O–H groups in total. The van der Waals surface area contributed by atoms with Gasteiger partial charge in [0.15, 0.2) is 0 Å². The van der Waals surface area contributed by atoms with E-state index in [4.69, 9.17) is 0 Å². The monoisotopic (exact) mass is 253 g/mol. The molecule has 5 heteroatoms. The molecule has 0 aromatic rings. The first-order chi connectivity index (χ1) is 8.68. The maximum Gasteiger partial charge on any atom is 0.311 e. The van der Waals surface area contributed by atoms with Gasteiger partial charge >= 0.3 is 11.8 Å². The average molecular weight is 253 g/mol. The van der Waals surface area contributed by atoms with Crippen LogP contribution < -0.4 is 10.6 Å². The summed E-state index contributed by atoms with van der Waals surface area (Å²) in [6, 6.07) is 0.187. The zero-order valence-corrected chi connectivity index (χ0v) is 11.1. The van der Waals surface area contributed by atoms with Gasteiger partial charge in [-0.2, -0.15) is 0 Å².